The predicted molar refractivity (Wildman–Crippen MR) is 34.7 cm³/mol. The van der Waals surface area contributed by atoms with Crippen LogP contribution in [0.25, 0.3) is 0 Å². The maximum absolute atomic E-state index is 10.4. The average Bonchev–Trinajstić information content (AvgIpc) is 1.87. The number of esters is 1. The molecule has 0 aromatic heterocycles. The molecule has 1 unspecified atom stereocenters. The van der Waals surface area contributed by atoms with E-state index in [1.54, 1.807) is 0 Å². The van der Waals surface area contributed by atoms with Gasteiger partial charge in [0.1, 0.15) is 0 Å². The van der Waals surface area contributed by atoms with Crippen molar-refractivity contribution in [3.63, 3.8) is 0 Å². The topological polar surface area (TPSA) is 26.3 Å². The van der Waals surface area contributed by atoms with Crippen LogP contribution < -0.4 is 0 Å². The van der Waals surface area contributed by atoms with Gasteiger partial charge in [0.15, 0.2) is 0 Å². The molecule has 2 heteroatoms. The standard InChI is InChI=1S/C7H11O2/c1-4-6(3)9-7(8)5-2/h2,5-6H,4H2,1,3H3. The average molecular weight is 127 g/mol. The third kappa shape index (κ3) is 3.76. The zero-order chi connectivity index (χ0) is 7.28. The van der Waals surface area contributed by atoms with Gasteiger partial charge in [-0.05, 0) is 13.3 Å². The molecule has 9 heavy (non-hydrogen) atoms. The van der Waals surface area contributed by atoms with E-state index >= 15 is 0 Å². The summed E-state index contributed by atoms with van der Waals surface area (Å²) in [6.07, 6.45) is 1.71. The summed E-state index contributed by atoms with van der Waals surface area (Å²) in [6.45, 7) is 8.64. The van der Waals surface area contributed by atoms with E-state index in [9.17, 15) is 4.79 Å². The van der Waals surface area contributed by atoms with Crippen molar-refractivity contribution in [3.8, 4) is 0 Å². The molecule has 0 saturated heterocycles. The zero-order valence-corrected chi connectivity index (χ0v) is 5.76. The molecule has 0 saturated carbocycles. The minimum atomic E-state index is -0.454. The van der Waals surface area contributed by atoms with Crippen molar-refractivity contribution in [2.24, 2.45) is 0 Å². The fourth-order valence-corrected chi connectivity index (χ4v) is 0.321. The first kappa shape index (κ1) is 8.21. The van der Waals surface area contributed by atoms with Crippen LogP contribution in [-0.2, 0) is 9.53 Å². The summed E-state index contributed by atoms with van der Waals surface area (Å²) in [5.74, 6) is -0.454. The maximum Gasteiger partial charge on any atom is 0.331 e. The van der Waals surface area contributed by atoms with Crippen LogP contribution in [0.5, 0.6) is 0 Å². The van der Waals surface area contributed by atoms with Crippen molar-refractivity contribution in [2.45, 2.75) is 26.4 Å². The lowest BCUT2D eigenvalue weighted by molar-refractivity contribution is -0.142. The van der Waals surface area contributed by atoms with Crippen molar-refractivity contribution in [3.05, 3.63) is 12.7 Å². The normalized spacial score (nSPS) is 12.2. The molecule has 0 aliphatic carbocycles. The van der Waals surface area contributed by atoms with Crippen molar-refractivity contribution in [1.82, 2.24) is 0 Å². The summed E-state index contributed by atoms with van der Waals surface area (Å²) in [6, 6.07) is 0. The van der Waals surface area contributed by atoms with Crippen molar-refractivity contribution >= 4 is 5.97 Å². The van der Waals surface area contributed by atoms with Gasteiger partial charge < -0.3 is 4.74 Å². The van der Waals surface area contributed by atoms with Crippen LogP contribution in [0.3, 0.4) is 0 Å². The number of carbonyl (C=O) groups excluding carboxylic acids is 1. The van der Waals surface area contributed by atoms with Gasteiger partial charge in [0.2, 0.25) is 0 Å². The lowest BCUT2D eigenvalue weighted by Gasteiger charge is -2.06. The molecule has 0 aromatic carbocycles. The van der Waals surface area contributed by atoms with E-state index in [1.165, 1.54) is 0 Å². The molecular weight excluding hydrogens is 116 g/mol. The third-order valence-corrected chi connectivity index (χ3v) is 1.03. The predicted octanol–water partition coefficient (Wildman–Crippen LogP) is 1.32. The van der Waals surface area contributed by atoms with Crippen molar-refractivity contribution < 1.29 is 9.53 Å². The van der Waals surface area contributed by atoms with Crippen LogP contribution in [0, 0.1) is 6.58 Å². The van der Waals surface area contributed by atoms with Gasteiger partial charge in [-0.25, -0.2) is 4.79 Å². The fourth-order valence-electron chi connectivity index (χ4n) is 0.321. The second-order valence-corrected chi connectivity index (χ2v) is 1.82. The number of rotatable bonds is 3. The minimum Gasteiger partial charge on any atom is -0.460 e. The molecular formula is C7H11O2. The molecule has 51 valence electrons. The second-order valence-electron chi connectivity index (χ2n) is 1.82. The van der Waals surface area contributed by atoms with Crippen LogP contribution in [0.15, 0.2) is 6.08 Å². The highest BCUT2D eigenvalue weighted by atomic mass is 16.5. The van der Waals surface area contributed by atoms with Gasteiger partial charge in [0, 0.05) is 6.08 Å². The van der Waals surface area contributed by atoms with E-state index in [0.717, 1.165) is 12.5 Å². The van der Waals surface area contributed by atoms with Gasteiger partial charge in [-0.1, -0.05) is 13.5 Å². The van der Waals surface area contributed by atoms with Crippen molar-refractivity contribution in [1.29, 1.82) is 0 Å². The van der Waals surface area contributed by atoms with Crippen LogP contribution in [0.1, 0.15) is 20.3 Å². The Balaban J connectivity index is 3.46. The summed E-state index contributed by atoms with van der Waals surface area (Å²) < 4.78 is 4.73. The number of carbonyl (C=O) groups is 1. The summed E-state index contributed by atoms with van der Waals surface area (Å²) >= 11 is 0. The first-order valence-corrected chi connectivity index (χ1v) is 2.96. The van der Waals surface area contributed by atoms with E-state index in [2.05, 4.69) is 0 Å². The summed E-state index contributed by atoms with van der Waals surface area (Å²) in [5, 5.41) is 0. The van der Waals surface area contributed by atoms with Gasteiger partial charge >= 0.3 is 5.97 Å². The lowest BCUT2D eigenvalue weighted by atomic mass is 10.3. The van der Waals surface area contributed by atoms with E-state index in [4.69, 9.17) is 11.3 Å². The lowest BCUT2D eigenvalue weighted by Crippen LogP contribution is -2.10. The Kier molecular flexibility index (Phi) is 3.76. The molecule has 1 atom stereocenters. The Bertz CT molecular complexity index is 107. The Labute approximate surface area is 55.5 Å². The molecule has 0 heterocycles. The van der Waals surface area contributed by atoms with Gasteiger partial charge in [0.05, 0.1) is 6.10 Å². The van der Waals surface area contributed by atoms with Crippen LogP contribution in [-0.4, -0.2) is 12.1 Å². The van der Waals surface area contributed by atoms with Gasteiger partial charge in [0.25, 0.3) is 0 Å². The van der Waals surface area contributed by atoms with E-state index in [-0.39, 0.29) is 6.10 Å². The Morgan fingerprint density at radius 2 is 2.44 bits per heavy atom. The van der Waals surface area contributed by atoms with Gasteiger partial charge in [-0.15, -0.1) is 0 Å². The summed E-state index contributed by atoms with van der Waals surface area (Å²) in [7, 11) is 0. The molecule has 0 aliphatic heterocycles. The third-order valence-electron chi connectivity index (χ3n) is 1.03. The maximum atomic E-state index is 10.4. The largest absolute Gasteiger partial charge is 0.460 e. The number of ether oxygens (including phenoxy) is 1. The number of hydrogen-bond donors (Lipinski definition) is 0. The molecule has 0 aliphatic rings. The van der Waals surface area contributed by atoms with Gasteiger partial charge in [-0.2, -0.15) is 0 Å². The first-order valence-electron chi connectivity index (χ1n) is 2.96. The molecule has 0 spiro atoms. The quantitative estimate of drug-likeness (QED) is 0.422. The molecule has 0 N–H and O–H groups in total. The first-order chi connectivity index (χ1) is 4.20. The Morgan fingerprint density at radius 3 is 2.78 bits per heavy atom. The molecule has 0 aromatic rings. The Morgan fingerprint density at radius 1 is 1.89 bits per heavy atom. The minimum absolute atomic E-state index is 0.0303. The molecule has 1 radical (unpaired) electrons. The fraction of sp³-hybridized carbons (Fsp3) is 0.571. The molecule has 2 nitrogen and oxygen atoms in total. The van der Waals surface area contributed by atoms with E-state index in [0.29, 0.717) is 0 Å². The highest BCUT2D eigenvalue weighted by Gasteiger charge is 2.01. The van der Waals surface area contributed by atoms with Crippen LogP contribution >= 0.6 is 0 Å². The molecule has 0 amide bonds. The smallest absolute Gasteiger partial charge is 0.331 e. The zero-order valence-electron chi connectivity index (χ0n) is 5.76. The number of hydrogen-bond acceptors (Lipinski definition) is 2. The van der Waals surface area contributed by atoms with Crippen LogP contribution in [0.4, 0.5) is 0 Å². The molecule has 0 rings (SSSR count). The highest BCUT2D eigenvalue weighted by Crippen LogP contribution is 1.95. The molecule has 0 fully saturated rings. The van der Waals surface area contributed by atoms with Crippen molar-refractivity contribution in [2.75, 3.05) is 0 Å². The SMILES string of the molecule is [CH]=CC(=O)OC(C)CC. The summed E-state index contributed by atoms with van der Waals surface area (Å²) in [5.41, 5.74) is 0. The van der Waals surface area contributed by atoms with E-state index in [1.807, 2.05) is 13.8 Å². The monoisotopic (exact) mass is 127 g/mol. The van der Waals surface area contributed by atoms with E-state index < -0.39 is 5.97 Å². The highest BCUT2D eigenvalue weighted by molar-refractivity contribution is 5.80. The van der Waals surface area contributed by atoms with Gasteiger partial charge in [-0.3, -0.25) is 0 Å². The molecule has 0 bridgehead atoms. The Hall–Kier alpha value is -0.790. The summed E-state index contributed by atoms with van der Waals surface area (Å²) in [4.78, 5) is 10.4. The second kappa shape index (κ2) is 4.13. The van der Waals surface area contributed by atoms with Crippen LogP contribution in [0.2, 0.25) is 0 Å².